The Balaban J connectivity index is 1.80. The van der Waals surface area contributed by atoms with Crippen LogP contribution in [0.3, 0.4) is 0 Å². The fraction of sp³-hybridized carbons (Fsp3) is 0.733. The number of hydrogen-bond acceptors (Lipinski definition) is 4. The van der Waals surface area contributed by atoms with Crippen molar-refractivity contribution in [3.63, 3.8) is 0 Å². The zero-order valence-corrected chi connectivity index (χ0v) is 14.7. The van der Waals surface area contributed by atoms with Crippen LogP contribution in [0, 0.1) is 6.92 Å². The van der Waals surface area contributed by atoms with Crippen molar-refractivity contribution in [2.24, 2.45) is 0 Å². The van der Waals surface area contributed by atoms with Crippen LogP contribution in [0.4, 0.5) is 4.79 Å². The molecule has 1 aromatic rings. The highest BCUT2D eigenvalue weighted by Gasteiger charge is 2.24. The normalized spacial score (nSPS) is 22.0. The highest BCUT2D eigenvalue weighted by molar-refractivity contribution is 7.99. The van der Waals surface area contributed by atoms with Crippen molar-refractivity contribution >= 4 is 29.1 Å². The zero-order chi connectivity index (χ0) is 15.2. The lowest BCUT2D eigenvalue weighted by Gasteiger charge is -2.30. The van der Waals surface area contributed by atoms with Crippen LogP contribution in [0.2, 0.25) is 0 Å². The molecule has 0 saturated heterocycles. The van der Waals surface area contributed by atoms with Crippen molar-refractivity contribution in [2.75, 3.05) is 12.8 Å². The lowest BCUT2D eigenvalue weighted by atomic mass is 9.95. The average molecular weight is 328 g/mol. The number of carbonyl (C=O) groups is 1. The number of rotatable bonds is 5. The smallest absolute Gasteiger partial charge is 0.317 e. The van der Waals surface area contributed by atoms with Crippen LogP contribution in [0.1, 0.15) is 43.3 Å². The van der Waals surface area contributed by atoms with E-state index in [1.54, 1.807) is 16.2 Å². The van der Waals surface area contributed by atoms with Crippen LogP contribution in [0.15, 0.2) is 5.38 Å². The second kappa shape index (κ2) is 8.03. The highest BCUT2D eigenvalue weighted by Crippen LogP contribution is 2.28. The highest BCUT2D eigenvalue weighted by atomic mass is 32.2. The van der Waals surface area contributed by atoms with E-state index in [0.29, 0.717) is 17.8 Å². The van der Waals surface area contributed by atoms with Crippen molar-refractivity contribution in [3.05, 3.63) is 16.1 Å². The molecule has 0 bridgehead atoms. The Bertz CT molecular complexity index is 462. The number of carbonyl (C=O) groups excluding carboxylic acids is 1. The van der Waals surface area contributed by atoms with Crippen LogP contribution >= 0.6 is 23.1 Å². The number of nitrogens with one attached hydrogen (secondary N) is 1. The summed E-state index contributed by atoms with van der Waals surface area (Å²) in [6.07, 6.45) is 4.72. The monoisotopic (exact) mass is 327 g/mol. The second-order valence-corrected chi connectivity index (χ2v) is 8.24. The largest absolute Gasteiger partial charge is 0.335 e. The Hall–Kier alpha value is -0.750. The lowest BCUT2D eigenvalue weighted by Crippen LogP contribution is -2.45. The van der Waals surface area contributed by atoms with E-state index >= 15 is 0 Å². The third-order valence-corrected chi connectivity index (χ3v) is 5.82. The summed E-state index contributed by atoms with van der Waals surface area (Å²) in [5.74, 6) is 1.16. The SMILES string of the molecule is CCS[C@H]1CCC[C@@H](NC(=O)N(C)Cc2csc(C)n2)C1. The van der Waals surface area contributed by atoms with E-state index in [-0.39, 0.29) is 6.03 Å². The predicted molar refractivity (Wildman–Crippen MR) is 91.0 cm³/mol. The fourth-order valence-corrected chi connectivity index (χ4v) is 4.52. The van der Waals surface area contributed by atoms with Gasteiger partial charge in [0.2, 0.25) is 0 Å². The van der Waals surface area contributed by atoms with Gasteiger partial charge in [0.25, 0.3) is 0 Å². The number of urea groups is 1. The molecule has 6 heteroatoms. The van der Waals surface area contributed by atoms with E-state index in [2.05, 4.69) is 17.2 Å². The van der Waals surface area contributed by atoms with E-state index in [1.165, 1.54) is 12.8 Å². The lowest BCUT2D eigenvalue weighted by molar-refractivity contribution is 0.198. The van der Waals surface area contributed by atoms with Gasteiger partial charge in [0.1, 0.15) is 0 Å². The molecule has 0 spiro atoms. The summed E-state index contributed by atoms with van der Waals surface area (Å²) in [4.78, 5) is 18.4. The van der Waals surface area contributed by atoms with Gasteiger partial charge in [0.15, 0.2) is 0 Å². The van der Waals surface area contributed by atoms with Crippen LogP contribution < -0.4 is 5.32 Å². The predicted octanol–water partition coefficient (Wildman–Crippen LogP) is 3.66. The molecule has 0 radical (unpaired) electrons. The summed E-state index contributed by atoms with van der Waals surface area (Å²) in [6, 6.07) is 0.350. The minimum Gasteiger partial charge on any atom is -0.335 e. The number of aromatic nitrogens is 1. The molecule has 1 fully saturated rings. The van der Waals surface area contributed by atoms with E-state index in [4.69, 9.17) is 0 Å². The van der Waals surface area contributed by atoms with Gasteiger partial charge in [-0.3, -0.25) is 0 Å². The van der Waals surface area contributed by atoms with Crippen LogP contribution in [0.5, 0.6) is 0 Å². The number of hydrogen-bond donors (Lipinski definition) is 1. The average Bonchev–Trinajstić information content (AvgIpc) is 2.85. The molecule has 2 rings (SSSR count). The molecule has 1 aliphatic rings. The third kappa shape index (κ3) is 5.18. The summed E-state index contributed by atoms with van der Waals surface area (Å²) in [7, 11) is 1.84. The Morgan fingerprint density at radius 3 is 3.05 bits per heavy atom. The summed E-state index contributed by atoms with van der Waals surface area (Å²) >= 11 is 3.65. The molecule has 0 aliphatic heterocycles. The van der Waals surface area contributed by atoms with Gasteiger partial charge in [-0.1, -0.05) is 13.3 Å². The first-order valence-electron chi connectivity index (χ1n) is 7.62. The Morgan fingerprint density at radius 2 is 2.38 bits per heavy atom. The molecule has 1 N–H and O–H groups in total. The first kappa shape index (κ1) is 16.6. The molecular weight excluding hydrogens is 302 g/mol. The maximum absolute atomic E-state index is 12.3. The van der Waals surface area contributed by atoms with Gasteiger partial charge < -0.3 is 10.2 Å². The molecule has 1 saturated carbocycles. The quantitative estimate of drug-likeness (QED) is 0.898. The van der Waals surface area contributed by atoms with Gasteiger partial charge in [-0.15, -0.1) is 11.3 Å². The molecule has 0 unspecified atom stereocenters. The summed E-state index contributed by atoms with van der Waals surface area (Å²) in [5, 5.41) is 6.96. The van der Waals surface area contributed by atoms with Crippen LogP contribution in [-0.2, 0) is 6.54 Å². The molecule has 1 aliphatic carbocycles. The van der Waals surface area contributed by atoms with Gasteiger partial charge in [-0.05, 0) is 31.9 Å². The minimum atomic E-state index is 0.0211. The number of amides is 2. The summed E-state index contributed by atoms with van der Waals surface area (Å²) in [6.45, 7) is 4.77. The molecule has 1 aromatic heterocycles. The summed E-state index contributed by atoms with van der Waals surface area (Å²) < 4.78 is 0. The molecular formula is C15H25N3OS2. The molecule has 21 heavy (non-hydrogen) atoms. The zero-order valence-electron chi connectivity index (χ0n) is 13.1. The van der Waals surface area contributed by atoms with Gasteiger partial charge in [0, 0.05) is 23.7 Å². The van der Waals surface area contributed by atoms with Crippen molar-refractivity contribution in [1.82, 2.24) is 15.2 Å². The molecule has 1 heterocycles. The molecule has 2 atom stereocenters. The van der Waals surface area contributed by atoms with Crippen LogP contribution in [0.25, 0.3) is 0 Å². The van der Waals surface area contributed by atoms with Crippen LogP contribution in [-0.4, -0.2) is 40.0 Å². The summed E-state index contributed by atoms with van der Waals surface area (Å²) in [5.41, 5.74) is 0.971. The fourth-order valence-electron chi connectivity index (χ4n) is 2.74. The number of thiazole rings is 1. The van der Waals surface area contributed by atoms with E-state index in [1.807, 2.05) is 31.1 Å². The van der Waals surface area contributed by atoms with E-state index in [9.17, 15) is 4.79 Å². The number of thioether (sulfide) groups is 1. The molecule has 0 aromatic carbocycles. The Morgan fingerprint density at radius 1 is 1.57 bits per heavy atom. The van der Waals surface area contributed by atoms with Crippen molar-refractivity contribution in [1.29, 1.82) is 0 Å². The van der Waals surface area contributed by atoms with E-state index in [0.717, 1.165) is 29.3 Å². The van der Waals surface area contributed by atoms with Crippen molar-refractivity contribution in [2.45, 2.75) is 57.4 Å². The maximum atomic E-state index is 12.3. The van der Waals surface area contributed by atoms with Crippen molar-refractivity contribution < 1.29 is 4.79 Å². The van der Waals surface area contributed by atoms with Gasteiger partial charge in [0.05, 0.1) is 17.2 Å². The van der Waals surface area contributed by atoms with Gasteiger partial charge in [-0.25, -0.2) is 9.78 Å². The molecule has 118 valence electrons. The molecule has 4 nitrogen and oxygen atoms in total. The maximum Gasteiger partial charge on any atom is 0.317 e. The molecule has 2 amide bonds. The van der Waals surface area contributed by atoms with Gasteiger partial charge in [-0.2, -0.15) is 11.8 Å². The minimum absolute atomic E-state index is 0.0211. The number of nitrogens with zero attached hydrogens (tertiary/aromatic N) is 2. The third-order valence-electron chi connectivity index (χ3n) is 3.77. The number of aryl methyl sites for hydroxylation is 1. The Labute approximate surface area is 135 Å². The Kier molecular flexibility index (Phi) is 6.36. The van der Waals surface area contributed by atoms with Crippen molar-refractivity contribution in [3.8, 4) is 0 Å². The first-order valence-corrected chi connectivity index (χ1v) is 9.55. The standard InChI is InChI=1S/C15H25N3OS2/c1-4-20-14-7-5-6-12(8-14)17-15(19)18(3)9-13-10-21-11(2)16-13/h10,12,14H,4-9H2,1-3H3,(H,17,19)/t12-,14+/m1/s1. The first-order chi connectivity index (χ1) is 10.1. The van der Waals surface area contributed by atoms with E-state index < -0.39 is 0 Å². The topological polar surface area (TPSA) is 45.2 Å². The second-order valence-electron chi connectivity index (χ2n) is 5.60. The van der Waals surface area contributed by atoms with Gasteiger partial charge >= 0.3 is 6.03 Å².